The summed E-state index contributed by atoms with van der Waals surface area (Å²) in [6, 6.07) is 5.90. The minimum absolute atomic E-state index is 0.01000. The number of aliphatic hydroxyl groups is 1. The molecule has 0 radical (unpaired) electrons. The number of β-amino-alcohol motifs (C(OH)–C–C–N with tert-alkyl or cyclic N) is 1. The van der Waals surface area contributed by atoms with Crippen LogP contribution in [0.5, 0.6) is 0 Å². The highest BCUT2D eigenvalue weighted by atomic mass is 16.3. The number of imidazole rings is 1. The summed E-state index contributed by atoms with van der Waals surface area (Å²) in [5, 5.41) is 13.5. The second-order valence-electron chi connectivity index (χ2n) is 5.75. The molecule has 0 aliphatic rings. The third-order valence-electron chi connectivity index (χ3n) is 2.96. The van der Waals surface area contributed by atoms with Crippen LogP contribution in [0.3, 0.4) is 0 Å². The third-order valence-corrected chi connectivity index (χ3v) is 2.96. The van der Waals surface area contributed by atoms with E-state index in [1.165, 1.54) is 0 Å². The zero-order chi connectivity index (χ0) is 13.3. The Kier molecular flexibility index (Phi) is 3.41. The average molecular weight is 247 g/mol. The Balaban J connectivity index is 2.15. The van der Waals surface area contributed by atoms with E-state index in [1.807, 2.05) is 29.8 Å². The maximum absolute atomic E-state index is 10.2. The number of aryl methyl sites for hydroxylation is 1. The van der Waals surface area contributed by atoms with Crippen LogP contribution >= 0.6 is 0 Å². The van der Waals surface area contributed by atoms with Crippen molar-refractivity contribution in [3.05, 3.63) is 30.1 Å². The fraction of sp³-hybridized carbons (Fsp3) is 0.500. The molecule has 1 unspecified atom stereocenters. The highest BCUT2D eigenvalue weighted by Crippen LogP contribution is 2.19. The Morgan fingerprint density at radius 2 is 2.11 bits per heavy atom. The van der Waals surface area contributed by atoms with E-state index in [1.54, 1.807) is 6.33 Å². The molecule has 0 saturated carbocycles. The lowest BCUT2D eigenvalue weighted by atomic mass is 10.1. The molecule has 2 N–H and O–H groups in total. The van der Waals surface area contributed by atoms with Gasteiger partial charge < -0.3 is 15.0 Å². The van der Waals surface area contributed by atoms with Gasteiger partial charge in [0.2, 0.25) is 0 Å². The monoisotopic (exact) mass is 247 g/mol. The number of aromatic nitrogens is 2. The van der Waals surface area contributed by atoms with Gasteiger partial charge in [-0.3, -0.25) is 0 Å². The summed E-state index contributed by atoms with van der Waals surface area (Å²) in [4.78, 5) is 4.30. The lowest BCUT2D eigenvalue weighted by Crippen LogP contribution is -2.38. The third kappa shape index (κ3) is 2.89. The van der Waals surface area contributed by atoms with Crippen molar-refractivity contribution in [1.29, 1.82) is 0 Å². The van der Waals surface area contributed by atoms with Crippen LogP contribution < -0.4 is 5.32 Å². The van der Waals surface area contributed by atoms with E-state index in [9.17, 15) is 5.11 Å². The Morgan fingerprint density at radius 3 is 2.78 bits per heavy atom. The molecule has 4 heteroatoms. The molecule has 0 fully saturated rings. The number of hydrogen-bond acceptors (Lipinski definition) is 3. The normalized spacial score (nSPS) is 14.1. The Labute approximate surface area is 108 Å². The number of hydrogen-bond donors (Lipinski definition) is 2. The fourth-order valence-electron chi connectivity index (χ4n) is 1.88. The maximum atomic E-state index is 10.2. The SMILES string of the molecule is Cn1cnc2cc(C(O)CNC(C)(C)C)ccc21. The van der Waals surface area contributed by atoms with E-state index in [2.05, 4.69) is 31.1 Å². The summed E-state index contributed by atoms with van der Waals surface area (Å²) in [6.07, 6.45) is 1.28. The van der Waals surface area contributed by atoms with E-state index >= 15 is 0 Å². The summed E-state index contributed by atoms with van der Waals surface area (Å²) in [7, 11) is 1.96. The van der Waals surface area contributed by atoms with Gasteiger partial charge in [0, 0.05) is 19.1 Å². The predicted molar refractivity (Wildman–Crippen MR) is 73.4 cm³/mol. The van der Waals surface area contributed by atoms with Gasteiger partial charge in [0.1, 0.15) is 0 Å². The first-order valence-corrected chi connectivity index (χ1v) is 6.21. The molecule has 0 aliphatic carbocycles. The first-order chi connectivity index (χ1) is 8.37. The van der Waals surface area contributed by atoms with Crippen LogP contribution in [0.15, 0.2) is 24.5 Å². The first-order valence-electron chi connectivity index (χ1n) is 6.21. The van der Waals surface area contributed by atoms with Gasteiger partial charge in [-0.15, -0.1) is 0 Å². The molecule has 1 atom stereocenters. The van der Waals surface area contributed by atoms with E-state index in [-0.39, 0.29) is 5.54 Å². The highest BCUT2D eigenvalue weighted by molar-refractivity contribution is 5.76. The average Bonchev–Trinajstić information content (AvgIpc) is 2.66. The van der Waals surface area contributed by atoms with Crippen LogP contribution in [0.4, 0.5) is 0 Å². The van der Waals surface area contributed by atoms with Crippen molar-refractivity contribution >= 4 is 11.0 Å². The minimum atomic E-state index is -0.504. The summed E-state index contributed by atoms with van der Waals surface area (Å²) < 4.78 is 1.97. The maximum Gasteiger partial charge on any atom is 0.0955 e. The smallest absolute Gasteiger partial charge is 0.0955 e. The molecule has 0 amide bonds. The molecular weight excluding hydrogens is 226 g/mol. The van der Waals surface area contributed by atoms with Gasteiger partial charge in [-0.25, -0.2) is 4.98 Å². The number of nitrogens with zero attached hydrogens (tertiary/aromatic N) is 2. The van der Waals surface area contributed by atoms with Crippen molar-refractivity contribution < 1.29 is 5.11 Å². The lowest BCUT2D eigenvalue weighted by molar-refractivity contribution is 0.163. The Bertz CT molecular complexity index is 539. The number of aliphatic hydroxyl groups excluding tert-OH is 1. The molecule has 2 aromatic rings. The van der Waals surface area contributed by atoms with Crippen LogP contribution in [0.2, 0.25) is 0 Å². The van der Waals surface area contributed by atoms with E-state index in [0.717, 1.165) is 16.6 Å². The van der Waals surface area contributed by atoms with Crippen molar-refractivity contribution in [2.75, 3.05) is 6.54 Å². The van der Waals surface area contributed by atoms with Crippen LogP contribution in [0.1, 0.15) is 32.4 Å². The summed E-state index contributed by atoms with van der Waals surface area (Å²) >= 11 is 0. The van der Waals surface area contributed by atoms with Crippen LogP contribution in [-0.2, 0) is 7.05 Å². The van der Waals surface area contributed by atoms with Crippen molar-refractivity contribution in [3.63, 3.8) is 0 Å². The van der Waals surface area contributed by atoms with Gasteiger partial charge in [0.15, 0.2) is 0 Å². The number of rotatable bonds is 3. The van der Waals surface area contributed by atoms with Gasteiger partial charge in [-0.2, -0.15) is 0 Å². The molecule has 0 spiro atoms. The Morgan fingerprint density at radius 1 is 1.39 bits per heavy atom. The second kappa shape index (κ2) is 4.71. The molecule has 98 valence electrons. The zero-order valence-corrected chi connectivity index (χ0v) is 11.4. The molecule has 0 bridgehead atoms. The molecule has 1 heterocycles. The first kappa shape index (κ1) is 13.1. The lowest BCUT2D eigenvalue weighted by Gasteiger charge is -2.23. The van der Waals surface area contributed by atoms with Crippen LogP contribution in [0.25, 0.3) is 11.0 Å². The number of nitrogens with one attached hydrogen (secondary N) is 1. The van der Waals surface area contributed by atoms with E-state index in [0.29, 0.717) is 6.54 Å². The quantitative estimate of drug-likeness (QED) is 0.872. The van der Waals surface area contributed by atoms with Gasteiger partial charge in [0.25, 0.3) is 0 Å². The van der Waals surface area contributed by atoms with Gasteiger partial charge >= 0.3 is 0 Å². The van der Waals surface area contributed by atoms with E-state index in [4.69, 9.17) is 0 Å². The standard InChI is InChI=1S/C14H21N3O/c1-14(2,3)16-8-13(18)10-5-6-12-11(7-10)15-9-17(12)4/h5-7,9,13,16,18H,8H2,1-4H3. The number of benzene rings is 1. The molecule has 18 heavy (non-hydrogen) atoms. The van der Waals surface area contributed by atoms with Gasteiger partial charge in [-0.1, -0.05) is 6.07 Å². The summed E-state index contributed by atoms with van der Waals surface area (Å²) in [5.41, 5.74) is 2.91. The zero-order valence-electron chi connectivity index (χ0n) is 11.4. The Hall–Kier alpha value is -1.39. The molecular formula is C14H21N3O. The van der Waals surface area contributed by atoms with Crippen molar-refractivity contribution in [1.82, 2.24) is 14.9 Å². The molecule has 1 aromatic carbocycles. The molecule has 2 rings (SSSR count). The van der Waals surface area contributed by atoms with Crippen molar-refractivity contribution in [3.8, 4) is 0 Å². The fourth-order valence-corrected chi connectivity index (χ4v) is 1.88. The second-order valence-corrected chi connectivity index (χ2v) is 5.75. The largest absolute Gasteiger partial charge is 0.387 e. The van der Waals surface area contributed by atoms with Crippen LogP contribution in [-0.4, -0.2) is 26.7 Å². The molecule has 1 aromatic heterocycles. The van der Waals surface area contributed by atoms with Gasteiger partial charge in [-0.05, 0) is 38.5 Å². The number of fused-ring (bicyclic) bond motifs is 1. The van der Waals surface area contributed by atoms with Crippen LogP contribution in [0, 0.1) is 0 Å². The molecule has 0 aliphatic heterocycles. The van der Waals surface area contributed by atoms with Gasteiger partial charge in [0.05, 0.1) is 23.5 Å². The van der Waals surface area contributed by atoms with Crippen molar-refractivity contribution in [2.45, 2.75) is 32.4 Å². The summed E-state index contributed by atoms with van der Waals surface area (Å²) in [5.74, 6) is 0. The molecule has 4 nitrogen and oxygen atoms in total. The predicted octanol–water partition coefficient (Wildman–Crippen LogP) is 1.99. The topological polar surface area (TPSA) is 50.1 Å². The minimum Gasteiger partial charge on any atom is -0.387 e. The van der Waals surface area contributed by atoms with Crippen molar-refractivity contribution in [2.24, 2.45) is 7.05 Å². The molecule has 0 saturated heterocycles. The van der Waals surface area contributed by atoms with E-state index < -0.39 is 6.10 Å². The highest BCUT2D eigenvalue weighted by Gasteiger charge is 2.14. The summed E-state index contributed by atoms with van der Waals surface area (Å²) in [6.45, 7) is 6.80.